The number of benzene rings is 1. The Morgan fingerprint density at radius 3 is 2.70 bits per heavy atom. The molecular weight excluding hydrogens is 552 g/mol. The quantitative estimate of drug-likeness (QED) is 0.270. The number of aliphatic imine (C=N–C) groups is 3. The Morgan fingerprint density at radius 2 is 2.02 bits per heavy atom. The van der Waals surface area contributed by atoms with Crippen LogP contribution in [0.15, 0.2) is 75.0 Å². The summed E-state index contributed by atoms with van der Waals surface area (Å²) >= 11 is 0. The number of hydrogen-bond donors (Lipinski definition) is 2. The minimum Gasteiger partial charge on any atom is -0.493 e. The molecule has 0 saturated carbocycles. The smallest absolute Gasteiger partial charge is 0.251 e. The number of carbonyl (C=O) groups excluding carboxylic acids is 1. The molecule has 1 aliphatic carbocycles. The summed E-state index contributed by atoms with van der Waals surface area (Å²) in [4.78, 5) is 26.1. The average molecular weight is 592 g/mol. The molecule has 9 nitrogen and oxygen atoms in total. The van der Waals surface area contributed by atoms with E-state index in [1.807, 2.05) is 36.1 Å². The third kappa shape index (κ3) is 8.91. The highest BCUT2D eigenvalue weighted by Crippen LogP contribution is 2.31. The van der Waals surface area contributed by atoms with Crippen LogP contribution in [0.5, 0.6) is 0 Å². The fourth-order valence-corrected chi connectivity index (χ4v) is 5.49. The van der Waals surface area contributed by atoms with E-state index < -0.39 is 12.3 Å². The predicted molar refractivity (Wildman–Crippen MR) is 164 cm³/mol. The van der Waals surface area contributed by atoms with E-state index in [-0.39, 0.29) is 19.3 Å². The maximum Gasteiger partial charge on any atom is 0.251 e. The molecule has 3 aliphatic rings. The van der Waals surface area contributed by atoms with Gasteiger partial charge in [-0.2, -0.15) is 5.26 Å². The lowest BCUT2D eigenvalue weighted by Gasteiger charge is -2.31. The molecule has 0 spiro atoms. The van der Waals surface area contributed by atoms with Gasteiger partial charge in [-0.05, 0) is 61.9 Å². The number of halogens is 2. The molecule has 1 fully saturated rings. The van der Waals surface area contributed by atoms with Crippen molar-refractivity contribution in [1.82, 2.24) is 15.5 Å². The number of alkyl halides is 2. The van der Waals surface area contributed by atoms with Gasteiger partial charge in [-0.1, -0.05) is 43.8 Å². The Kier molecular flexibility index (Phi) is 11.7. The van der Waals surface area contributed by atoms with Gasteiger partial charge in [-0.15, -0.1) is 0 Å². The molecule has 1 amide bonds. The van der Waals surface area contributed by atoms with E-state index in [1.54, 1.807) is 0 Å². The highest BCUT2D eigenvalue weighted by molar-refractivity contribution is 6.16. The van der Waals surface area contributed by atoms with Crippen molar-refractivity contribution in [3.05, 3.63) is 71.2 Å². The van der Waals surface area contributed by atoms with Gasteiger partial charge in [-0.25, -0.2) is 18.8 Å². The van der Waals surface area contributed by atoms with Crippen molar-refractivity contribution in [1.29, 1.82) is 5.26 Å². The largest absolute Gasteiger partial charge is 0.493 e. The van der Waals surface area contributed by atoms with Gasteiger partial charge in [0.15, 0.2) is 0 Å². The summed E-state index contributed by atoms with van der Waals surface area (Å²) in [5.41, 5.74) is 3.86. The molecule has 2 unspecified atom stereocenters. The fraction of sp³-hybridized carbons (Fsp3) is 0.469. The van der Waals surface area contributed by atoms with E-state index >= 15 is 0 Å². The van der Waals surface area contributed by atoms with Crippen molar-refractivity contribution in [3.8, 4) is 6.07 Å². The van der Waals surface area contributed by atoms with Crippen LogP contribution in [0.3, 0.4) is 0 Å². The van der Waals surface area contributed by atoms with E-state index in [1.165, 1.54) is 11.9 Å². The van der Waals surface area contributed by atoms with Crippen LogP contribution >= 0.6 is 0 Å². The Labute approximate surface area is 251 Å². The number of ether oxygens (including phenoxy) is 1. The molecule has 2 N–H and O–H groups in total. The molecule has 2 heterocycles. The second-order valence-electron chi connectivity index (χ2n) is 10.8. The fourth-order valence-electron chi connectivity index (χ4n) is 5.49. The van der Waals surface area contributed by atoms with Crippen LogP contribution in [-0.4, -0.2) is 74.6 Å². The van der Waals surface area contributed by atoms with Crippen LogP contribution in [0.2, 0.25) is 0 Å². The normalized spacial score (nSPS) is 23.9. The zero-order chi connectivity index (χ0) is 30.6. The first-order chi connectivity index (χ1) is 20.9. The number of rotatable bonds is 12. The minimum absolute atomic E-state index is 0.114. The predicted octanol–water partition coefficient (Wildman–Crippen LogP) is 4.71. The molecule has 0 aromatic heterocycles. The lowest BCUT2D eigenvalue weighted by atomic mass is 9.89. The maximum atomic E-state index is 12.7. The molecule has 4 rings (SSSR count). The summed E-state index contributed by atoms with van der Waals surface area (Å²) in [6, 6.07) is 10.5. The van der Waals surface area contributed by atoms with Crippen LogP contribution in [0.1, 0.15) is 56.1 Å². The topological polar surface area (TPSA) is 114 Å². The van der Waals surface area contributed by atoms with Crippen LogP contribution in [0.25, 0.3) is 0 Å². The average Bonchev–Trinajstić information content (AvgIpc) is 3.11. The number of piperidine rings is 1. The summed E-state index contributed by atoms with van der Waals surface area (Å²) in [7, 11) is 0. The SMILES string of the molecule is C=C1/N=C(/c2ccc(C3CCN(CC(F)F)CC3)cc2)NC/N=C\N=C/1C1=CC=C(OC(CC)CCNC=O)C(C#N)C1. The number of nitriles is 1. The number of likely N-dealkylation sites (tertiary alicyclic amines) is 1. The second-order valence-corrected chi connectivity index (χ2v) is 10.8. The lowest BCUT2D eigenvalue weighted by molar-refractivity contribution is -0.109. The van der Waals surface area contributed by atoms with Crippen LogP contribution in [-0.2, 0) is 9.53 Å². The van der Waals surface area contributed by atoms with Gasteiger partial charge in [0.05, 0.1) is 30.1 Å². The summed E-state index contributed by atoms with van der Waals surface area (Å²) < 4.78 is 31.6. The highest BCUT2D eigenvalue weighted by Gasteiger charge is 2.27. The Morgan fingerprint density at radius 1 is 1.26 bits per heavy atom. The first-order valence-corrected chi connectivity index (χ1v) is 14.7. The standard InChI is InChI=1S/C32H39F2N7O2/c1-3-28(10-13-36-21-42)43-29-9-8-26(16-27(29)17-35)31-22(2)40-32(39-20-37-19-38-31)25-6-4-23(5-7-25)24-11-14-41(15-12-24)18-30(33)34/h4-9,19,21,24,27-28,30H,2-3,10-16,18,20H2,1H3,(H,36,42)(H,39,40)/b37-19-,38-31+. The van der Waals surface area contributed by atoms with Crippen LogP contribution in [0.4, 0.5) is 8.78 Å². The van der Waals surface area contributed by atoms with Crippen molar-refractivity contribution in [2.75, 3.05) is 32.8 Å². The van der Waals surface area contributed by atoms with Gasteiger partial charge in [-0.3, -0.25) is 14.7 Å². The van der Waals surface area contributed by atoms with Gasteiger partial charge in [0, 0.05) is 18.5 Å². The number of nitrogens with zero attached hydrogens (tertiary/aromatic N) is 5. The van der Waals surface area contributed by atoms with Crippen LogP contribution < -0.4 is 10.6 Å². The van der Waals surface area contributed by atoms with Crippen molar-refractivity contribution in [2.45, 2.75) is 57.5 Å². The molecule has 2 atom stereocenters. The lowest BCUT2D eigenvalue weighted by Crippen LogP contribution is -2.36. The number of allylic oxidation sites excluding steroid dienone is 4. The molecule has 43 heavy (non-hydrogen) atoms. The van der Waals surface area contributed by atoms with E-state index in [0.29, 0.717) is 67.8 Å². The van der Waals surface area contributed by atoms with E-state index in [2.05, 4.69) is 45.4 Å². The summed E-state index contributed by atoms with van der Waals surface area (Å²) in [6.45, 7) is 8.17. The van der Waals surface area contributed by atoms with E-state index in [4.69, 9.17) is 9.73 Å². The van der Waals surface area contributed by atoms with Gasteiger partial charge in [0.1, 0.15) is 30.5 Å². The van der Waals surface area contributed by atoms with Crippen molar-refractivity contribution < 1.29 is 18.3 Å². The van der Waals surface area contributed by atoms with Crippen molar-refractivity contribution >= 4 is 24.3 Å². The molecule has 1 saturated heterocycles. The Bertz CT molecular complexity index is 1320. The number of amides is 1. The van der Waals surface area contributed by atoms with Gasteiger partial charge in [0.2, 0.25) is 6.41 Å². The molecule has 0 radical (unpaired) electrons. The van der Waals surface area contributed by atoms with Crippen molar-refractivity contribution in [3.63, 3.8) is 0 Å². The molecule has 1 aromatic rings. The molecule has 0 bridgehead atoms. The number of nitrogens with one attached hydrogen (secondary N) is 2. The molecule has 11 heteroatoms. The van der Waals surface area contributed by atoms with E-state index in [0.717, 1.165) is 30.4 Å². The number of carbonyl (C=O) groups is 1. The highest BCUT2D eigenvalue weighted by atomic mass is 19.3. The Hall–Kier alpha value is -4.17. The van der Waals surface area contributed by atoms with Gasteiger partial charge in [0.25, 0.3) is 6.43 Å². The zero-order valence-electron chi connectivity index (χ0n) is 24.5. The zero-order valence-corrected chi connectivity index (χ0v) is 24.5. The summed E-state index contributed by atoms with van der Waals surface area (Å²) in [6.07, 6.45) is 6.92. The van der Waals surface area contributed by atoms with Gasteiger partial charge >= 0.3 is 0 Å². The number of hydrogen-bond acceptors (Lipinski definition) is 8. The Balaban J connectivity index is 1.47. The van der Waals surface area contributed by atoms with Crippen LogP contribution in [0, 0.1) is 17.2 Å². The third-order valence-electron chi connectivity index (χ3n) is 7.89. The summed E-state index contributed by atoms with van der Waals surface area (Å²) in [5, 5.41) is 15.8. The van der Waals surface area contributed by atoms with Gasteiger partial charge < -0.3 is 15.4 Å². The monoisotopic (exact) mass is 591 g/mol. The molecule has 1 aromatic carbocycles. The first-order valence-electron chi connectivity index (χ1n) is 14.7. The summed E-state index contributed by atoms with van der Waals surface area (Å²) in [5.74, 6) is 1.05. The minimum atomic E-state index is -2.30. The third-order valence-corrected chi connectivity index (χ3v) is 7.89. The second kappa shape index (κ2) is 15.9. The maximum absolute atomic E-state index is 12.7. The first kappa shape index (κ1) is 31.8. The van der Waals surface area contributed by atoms with E-state index in [9.17, 15) is 18.8 Å². The molecule has 2 aliphatic heterocycles. The van der Waals surface area contributed by atoms with Crippen molar-refractivity contribution in [2.24, 2.45) is 20.9 Å². The molecular formula is C32H39F2N7O2. The molecule has 228 valence electrons. The number of amidine groups is 1.